The molecule has 110 valence electrons. The zero-order valence-corrected chi connectivity index (χ0v) is 11.6. The zero-order valence-electron chi connectivity index (χ0n) is 11.6. The molecule has 1 unspecified atom stereocenters. The van der Waals surface area contributed by atoms with E-state index in [0.717, 1.165) is 6.42 Å². The van der Waals surface area contributed by atoms with Gasteiger partial charge in [0.1, 0.15) is 6.10 Å². The minimum Gasteiger partial charge on any atom is -0.466 e. The summed E-state index contributed by atoms with van der Waals surface area (Å²) in [4.78, 5) is 11.0. The van der Waals surface area contributed by atoms with Gasteiger partial charge >= 0.3 is 5.97 Å². The largest absolute Gasteiger partial charge is 0.466 e. The van der Waals surface area contributed by atoms with Crippen LogP contribution < -0.4 is 0 Å². The number of aliphatic hydroxyl groups excluding tert-OH is 1. The molecule has 0 amide bonds. The van der Waals surface area contributed by atoms with Crippen LogP contribution in [-0.2, 0) is 23.7 Å². The minimum absolute atomic E-state index is 0.0601. The lowest BCUT2D eigenvalue weighted by molar-refractivity contribution is -0.134. The second-order valence-corrected chi connectivity index (χ2v) is 4.39. The zero-order chi connectivity index (χ0) is 14.3. The molecule has 1 heterocycles. The first-order valence-corrected chi connectivity index (χ1v) is 6.26. The predicted molar refractivity (Wildman–Crippen MR) is 67.5 cm³/mol. The fourth-order valence-corrected chi connectivity index (χ4v) is 2.03. The first-order chi connectivity index (χ1) is 9.10. The molecule has 0 radical (unpaired) electrons. The van der Waals surface area contributed by atoms with Crippen LogP contribution in [0.15, 0.2) is 12.2 Å². The number of ether oxygens (including phenoxy) is 4. The summed E-state index contributed by atoms with van der Waals surface area (Å²) in [5, 5.41) is 9.83. The van der Waals surface area contributed by atoms with E-state index >= 15 is 0 Å². The summed E-state index contributed by atoms with van der Waals surface area (Å²) >= 11 is 0. The van der Waals surface area contributed by atoms with Gasteiger partial charge in [-0.05, 0) is 12.5 Å². The predicted octanol–water partition coefficient (Wildman–Crippen LogP) is 0.633. The Hall–Kier alpha value is -0.950. The number of esters is 1. The van der Waals surface area contributed by atoms with Gasteiger partial charge in [0.15, 0.2) is 6.29 Å². The summed E-state index contributed by atoms with van der Waals surface area (Å²) in [5.74, 6) is -0.460. The van der Waals surface area contributed by atoms with Crippen LogP contribution in [0.5, 0.6) is 0 Å². The minimum atomic E-state index is -0.602. The summed E-state index contributed by atoms with van der Waals surface area (Å²) in [6.07, 6.45) is 3.37. The molecule has 6 nitrogen and oxygen atoms in total. The number of carbonyl (C=O) groups excluding carboxylic acids is 1. The fourth-order valence-electron chi connectivity index (χ4n) is 2.03. The third kappa shape index (κ3) is 5.28. The third-order valence-electron chi connectivity index (χ3n) is 3.11. The van der Waals surface area contributed by atoms with Crippen molar-refractivity contribution in [1.82, 2.24) is 0 Å². The van der Waals surface area contributed by atoms with Gasteiger partial charge in [-0.25, -0.2) is 4.79 Å². The lowest BCUT2D eigenvalue weighted by Gasteiger charge is -2.16. The summed E-state index contributed by atoms with van der Waals surface area (Å²) < 4.78 is 20.3. The Labute approximate surface area is 113 Å². The summed E-state index contributed by atoms with van der Waals surface area (Å²) in [6.45, 7) is 0. The van der Waals surface area contributed by atoms with Crippen LogP contribution in [0.3, 0.4) is 0 Å². The molecule has 0 saturated carbocycles. The van der Waals surface area contributed by atoms with Gasteiger partial charge in [-0.3, -0.25) is 0 Å². The molecule has 1 rings (SSSR count). The molecule has 1 N–H and O–H groups in total. The van der Waals surface area contributed by atoms with Crippen LogP contribution in [0.25, 0.3) is 0 Å². The van der Waals surface area contributed by atoms with Crippen molar-refractivity contribution in [2.45, 2.75) is 43.9 Å². The van der Waals surface area contributed by atoms with E-state index in [1.807, 2.05) is 0 Å². The molecule has 0 aromatic heterocycles. The van der Waals surface area contributed by atoms with Gasteiger partial charge in [0.05, 0.1) is 19.3 Å². The van der Waals surface area contributed by atoms with Crippen molar-refractivity contribution in [3.8, 4) is 0 Å². The first-order valence-electron chi connectivity index (χ1n) is 6.26. The van der Waals surface area contributed by atoms with Gasteiger partial charge < -0.3 is 24.1 Å². The van der Waals surface area contributed by atoms with Gasteiger partial charge in [0.25, 0.3) is 0 Å². The van der Waals surface area contributed by atoms with Crippen molar-refractivity contribution in [2.75, 3.05) is 21.3 Å². The van der Waals surface area contributed by atoms with Crippen LogP contribution in [-0.4, -0.2) is 57.0 Å². The van der Waals surface area contributed by atoms with Crippen molar-refractivity contribution in [1.29, 1.82) is 0 Å². The van der Waals surface area contributed by atoms with Crippen LogP contribution in [0.4, 0.5) is 0 Å². The standard InChI is InChI=1S/C13H22O6/c1-16-12(15)6-5-11-10(14)8-9(19-11)4-7-13(17-2)18-3/h5-6,9-11,13-14H,4,7-8H2,1-3H3/b6-5+/t9?,10-,11-/m0/s1. The second-order valence-electron chi connectivity index (χ2n) is 4.39. The quantitative estimate of drug-likeness (QED) is 0.417. The second kappa shape index (κ2) is 8.27. The van der Waals surface area contributed by atoms with Gasteiger partial charge in [-0.1, -0.05) is 0 Å². The Morgan fingerprint density at radius 2 is 2.11 bits per heavy atom. The molecule has 1 aliphatic heterocycles. The number of hydrogen-bond acceptors (Lipinski definition) is 6. The Morgan fingerprint density at radius 3 is 2.68 bits per heavy atom. The van der Waals surface area contributed by atoms with E-state index < -0.39 is 18.2 Å². The normalized spacial score (nSPS) is 27.3. The Balaban J connectivity index is 2.37. The average molecular weight is 274 g/mol. The van der Waals surface area contributed by atoms with Gasteiger partial charge in [0, 0.05) is 33.1 Å². The lowest BCUT2D eigenvalue weighted by Crippen LogP contribution is -2.18. The van der Waals surface area contributed by atoms with E-state index in [9.17, 15) is 9.90 Å². The summed E-state index contributed by atoms with van der Waals surface area (Å²) in [7, 11) is 4.47. The van der Waals surface area contributed by atoms with E-state index in [4.69, 9.17) is 14.2 Å². The number of hydrogen-bond donors (Lipinski definition) is 1. The molecule has 0 aromatic carbocycles. The molecule has 0 aliphatic carbocycles. The molecule has 1 aliphatic rings. The van der Waals surface area contributed by atoms with Crippen molar-refractivity contribution in [2.24, 2.45) is 0 Å². The van der Waals surface area contributed by atoms with Crippen molar-refractivity contribution in [3.63, 3.8) is 0 Å². The summed E-state index contributed by atoms with van der Waals surface area (Å²) in [6, 6.07) is 0. The van der Waals surface area contributed by atoms with Crippen LogP contribution in [0, 0.1) is 0 Å². The number of aliphatic hydroxyl groups is 1. The van der Waals surface area contributed by atoms with Gasteiger partial charge in [0.2, 0.25) is 0 Å². The van der Waals surface area contributed by atoms with E-state index in [2.05, 4.69) is 4.74 Å². The monoisotopic (exact) mass is 274 g/mol. The van der Waals surface area contributed by atoms with Crippen LogP contribution in [0.2, 0.25) is 0 Å². The van der Waals surface area contributed by atoms with E-state index in [0.29, 0.717) is 12.8 Å². The SMILES string of the molecule is COC(=O)/C=C/[C@@H]1OC(CCC(OC)OC)C[C@@H]1O. The molecule has 6 heteroatoms. The van der Waals surface area contributed by atoms with Crippen molar-refractivity contribution < 1.29 is 28.8 Å². The maximum absolute atomic E-state index is 11.0. The van der Waals surface area contributed by atoms with E-state index in [1.165, 1.54) is 19.3 Å². The number of carbonyl (C=O) groups is 1. The van der Waals surface area contributed by atoms with Crippen LogP contribution >= 0.6 is 0 Å². The number of methoxy groups -OCH3 is 3. The van der Waals surface area contributed by atoms with Gasteiger partial charge in [-0.2, -0.15) is 0 Å². The Bertz CT molecular complexity index is 300. The van der Waals surface area contributed by atoms with E-state index in [-0.39, 0.29) is 12.4 Å². The van der Waals surface area contributed by atoms with Crippen molar-refractivity contribution in [3.05, 3.63) is 12.2 Å². The first kappa shape index (κ1) is 16.1. The average Bonchev–Trinajstić information content (AvgIpc) is 2.77. The summed E-state index contributed by atoms with van der Waals surface area (Å²) in [5.41, 5.74) is 0. The highest BCUT2D eigenvalue weighted by Gasteiger charge is 2.32. The number of rotatable bonds is 7. The molecule has 1 fully saturated rings. The highest BCUT2D eigenvalue weighted by atomic mass is 16.7. The Morgan fingerprint density at radius 1 is 1.42 bits per heavy atom. The Kier molecular flexibility index (Phi) is 7.01. The molecular formula is C13H22O6. The van der Waals surface area contributed by atoms with E-state index in [1.54, 1.807) is 14.2 Å². The molecule has 0 spiro atoms. The lowest BCUT2D eigenvalue weighted by atomic mass is 10.1. The highest BCUT2D eigenvalue weighted by Crippen LogP contribution is 2.25. The molecule has 1 saturated heterocycles. The van der Waals surface area contributed by atoms with Crippen LogP contribution in [0.1, 0.15) is 19.3 Å². The molecule has 19 heavy (non-hydrogen) atoms. The third-order valence-corrected chi connectivity index (χ3v) is 3.11. The molecular weight excluding hydrogens is 252 g/mol. The van der Waals surface area contributed by atoms with Crippen molar-refractivity contribution >= 4 is 5.97 Å². The van der Waals surface area contributed by atoms with Gasteiger partial charge in [-0.15, -0.1) is 0 Å². The highest BCUT2D eigenvalue weighted by molar-refractivity contribution is 5.81. The molecule has 0 aromatic rings. The fraction of sp³-hybridized carbons (Fsp3) is 0.769. The maximum atomic E-state index is 11.0. The molecule has 0 bridgehead atoms. The topological polar surface area (TPSA) is 74.2 Å². The smallest absolute Gasteiger partial charge is 0.330 e. The molecule has 3 atom stereocenters. The maximum Gasteiger partial charge on any atom is 0.330 e.